The first kappa shape index (κ1) is 12.8. The Morgan fingerprint density at radius 2 is 1.67 bits per heavy atom. The number of hydrogen-bond acceptors (Lipinski definition) is 4. The van der Waals surface area contributed by atoms with Crippen LogP contribution in [0, 0.1) is 11.3 Å². The number of anilines is 2. The lowest BCUT2D eigenvalue weighted by atomic mass is 10.2. The molecule has 0 radical (unpaired) electrons. The Bertz CT molecular complexity index is 720. The molecule has 1 aliphatic heterocycles. The van der Waals surface area contributed by atoms with Gasteiger partial charge >= 0.3 is 6.03 Å². The van der Waals surface area contributed by atoms with Crippen LogP contribution < -0.4 is 20.1 Å². The van der Waals surface area contributed by atoms with E-state index in [0.29, 0.717) is 28.4 Å². The third-order valence-corrected chi connectivity index (χ3v) is 2.90. The maximum atomic E-state index is 11.9. The van der Waals surface area contributed by atoms with Crippen molar-refractivity contribution in [2.45, 2.75) is 0 Å². The zero-order valence-corrected chi connectivity index (χ0v) is 10.9. The van der Waals surface area contributed by atoms with Crippen molar-refractivity contribution in [3.63, 3.8) is 0 Å². The molecule has 0 unspecified atom stereocenters. The van der Waals surface area contributed by atoms with Crippen LogP contribution in [0.15, 0.2) is 42.5 Å². The van der Waals surface area contributed by atoms with Gasteiger partial charge in [0.15, 0.2) is 11.5 Å². The van der Waals surface area contributed by atoms with Gasteiger partial charge in [0.05, 0.1) is 11.6 Å². The van der Waals surface area contributed by atoms with Gasteiger partial charge in [0.1, 0.15) is 0 Å². The highest BCUT2D eigenvalue weighted by atomic mass is 16.7. The minimum atomic E-state index is -0.376. The highest BCUT2D eigenvalue weighted by Gasteiger charge is 2.14. The van der Waals surface area contributed by atoms with Gasteiger partial charge in [-0.15, -0.1) is 0 Å². The molecule has 1 aliphatic rings. The summed E-state index contributed by atoms with van der Waals surface area (Å²) in [6, 6.07) is 13.4. The van der Waals surface area contributed by atoms with E-state index >= 15 is 0 Å². The molecule has 3 rings (SSSR count). The second-order valence-corrected chi connectivity index (χ2v) is 4.34. The lowest BCUT2D eigenvalue weighted by molar-refractivity contribution is 0.174. The topological polar surface area (TPSA) is 83.4 Å². The molecule has 0 atom stereocenters. The molecule has 0 aliphatic carbocycles. The minimum Gasteiger partial charge on any atom is -0.454 e. The molecule has 6 nitrogen and oxygen atoms in total. The van der Waals surface area contributed by atoms with Crippen LogP contribution in [0.25, 0.3) is 0 Å². The standard InChI is InChI=1S/C15H11N3O3/c16-8-10-1-3-11(4-2-10)17-15(19)18-12-5-6-13-14(7-12)21-9-20-13/h1-7H,9H2,(H2,17,18,19). The summed E-state index contributed by atoms with van der Waals surface area (Å²) in [5.41, 5.74) is 1.74. The summed E-state index contributed by atoms with van der Waals surface area (Å²) in [5.74, 6) is 1.26. The summed E-state index contributed by atoms with van der Waals surface area (Å²) in [5, 5.41) is 14.1. The number of nitrogens with one attached hydrogen (secondary N) is 2. The zero-order valence-electron chi connectivity index (χ0n) is 10.9. The van der Waals surface area contributed by atoms with E-state index in [4.69, 9.17) is 14.7 Å². The molecule has 1 heterocycles. The number of amides is 2. The van der Waals surface area contributed by atoms with Gasteiger partial charge < -0.3 is 20.1 Å². The summed E-state index contributed by atoms with van der Waals surface area (Å²) < 4.78 is 10.4. The zero-order chi connectivity index (χ0) is 14.7. The molecule has 0 saturated heterocycles. The van der Waals surface area contributed by atoms with E-state index in [1.165, 1.54) is 0 Å². The quantitative estimate of drug-likeness (QED) is 0.886. The molecule has 0 spiro atoms. The van der Waals surface area contributed by atoms with Gasteiger partial charge in [0.25, 0.3) is 0 Å². The SMILES string of the molecule is N#Cc1ccc(NC(=O)Nc2ccc3c(c2)OCO3)cc1. The molecule has 2 amide bonds. The number of fused-ring (bicyclic) bond motifs is 1. The minimum absolute atomic E-state index is 0.191. The number of ether oxygens (including phenoxy) is 2. The molecule has 0 fully saturated rings. The molecular formula is C15H11N3O3. The molecular weight excluding hydrogens is 270 g/mol. The Hall–Kier alpha value is -3.20. The monoisotopic (exact) mass is 281 g/mol. The average molecular weight is 281 g/mol. The van der Waals surface area contributed by atoms with Gasteiger partial charge in [-0.2, -0.15) is 5.26 Å². The van der Waals surface area contributed by atoms with Gasteiger partial charge in [-0.3, -0.25) is 0 Å². The van der Waals surface area contributed by atoms with E-state index in [9.17, 15) is 4.79 Å². The smallest absolute Gasteiger partial charge is 0.323 e. The molecule has 2 N–H and O–H groups in total. The lowest BCUT2D eigenvalue weighted by Crippen LogP contribution is -2.19. The van der Waals surface area contributed by atoms with Crippen molar-refractivity contribution in [2.24, 2.45) is 0 Å². The van der Waals surface area contributed by atoms with Gasteiger partial charge in [-0.1, -0.05) is 0 Å². The molecule has 0 saturated carbocycles. The molecule has 0 bridgehead atoms. The van der Waals surface area contributed by atoms with Crippen molar-refractivity contribution in [1.82, 2.24) is 0 Å². The number of carbonyl (C=O) groups is 1. The van der Waals surface area contributed by atoms with E-state index < -0.39 is 0 Å². The van der Waals surface area contributed by atoms with Crippen LogP contribution in [0.4, 0.5) is 16.2 Å². The maximum absolute atomic E-state index is 11.9. The lowest BCUT2D eigenvalue weighted by Gasteiger charge is -2.08. The third kappa shape index (κ3) is 2.87. The molecule has 21 heavy (non-hydrogen) atoms. The normalized spacial score (nSPS) is 11.6. The van der Waals surface area contributed by atoms with Crippen molar-refractivity contribution < 1.29 is 14.3 Å². The van der Waals surface area contributed by atoms with Gasteiger partial charge in [-0.25, -0.2) is 4.79 Å². The predicted octanol–water partition coefficient (Wildman–Crippen LogP) is 2.93. The van der Waals surface area contributed by atoms with Crippen LogP contribution in [0.3, 0.4) is 0 Å². The first-order valence-electron chi connectivity index (χ1n) is 6.22. The summed E-state index contributed by atoms with van der Waals surface area (Å²) in [6.07, 6.45) is 0. The fraction of sp³-hybridized carbons (Fsp3) is 0.0667. The number of carbonyl (C=O) groups excluding carboxylic acids is 1. The first-order chi connectivity index (χ1) is 10.2. The maximum Gasteiger partial charge on any atom is 0.323 e. The Morgan fingerprint density at radius 1 is 1.00 bits per heavy atom. The molecule has 6 heteroatoms. The number of benzene rings is 2. The van der Waals surface area contributed by atoms with E-state index in [-0.39, 0.29) is 12.8 Å². The Kier molecular flexibility index (Phi) is 3.31. The predicted molar refractivity (Wildman–Crippen MR) is 76.4 cm³/mol. The summed E-state index contributed by atoms with van der Waals surface area (Å²) >= 11 is 0. The van der Waals surface area contributed by atoms with Gasteiger partial charge in [0.2, 0.25) is 6.79 Å². The van der Waals surface area contributed by atoms with Gasteiger partial charge in [-0.05, 0) is 36.4 Å². The van der Waals surface area contributed by atoms with Crippen molar-refractivity contribution >= 4 is 17.4 Å². The average Bonchev–Trinajstić information content (AvgIpc) is 2.95. The Balaban J connectivity index is 1.64. The molecule has 2 aromatic carbocycles. The van der Waals surface area contributed by atoms with Crippen LogP contribution >= 0.6 is 0 Å². The van der Waals surface area contributed by atoms with Crippen molar-refractivity contribution in [1.29, 1.82) is 5.26 Å². The Morgan fingerprint density at radius 3 is 2.43 bits per heavy atom. The third-order valence-electron chi connectivity index (χ3n) is 2.90. The molecule has 2 aromatic rings. The van der Waals surface area contributed by atoms with E-state index in [1.807, 2.05) is 6.07 Å². The van der Waals surface area contributed by atoms with Crippen molar-refractivity contribution in [2.75, 3.05) is 17.4 Å². The fourth-order valence-corrected chi connectivity index (χ4v) is 1.90. The second kappa shape index (κ2) is 5.43. The highest BCUT2D eigenvalue weighted by molar-refractivity contribution is 5.99. The number of hydrogen-bond donors (Lipinski definition) is 2. The van der Waals surface area contributed by atoms with Crippen LogP contribution in [-0.4, -0.2) is 12.8 Å². The molecule has 104 valence electrons. The fourth-order valence-electron chi connectivity index (χ4n) is 1.90. The van der Waals surface area contributed by atoms with E-state index in [1.54, 1.807) is 42.5 Å². The number of nitrogens with zero attached hydrogens (tertiary/aromatic N) is 1. The number of urea groups is 1. The van der Waals surface area contributed by atoms with E-state index in [2.05, 4.69) is 10.6 Å². The second-order valence-electron chi connectivity index (χ2n) is 4.34. The number of rotatable bonds is 2. The van der Waals surface area contributed by atoms with Crippen LogP contribution in [-0.2, 0) is 0 Å². The Labute approximate surface area is 120 Å². The summed E-state index contributed by atoms with van der Waals surface area (Å²) in [6.45, 7) is 0.191. The van der Waals surface area contributed by atoms with E-state index in [0.717, 1.165) is 0 Å². The van der Waals surface area contributed by atoms with Gasteiger partial charge in [0, 0.05) is 17.4 Å². The largest absolute Gasteiger partial charge is 0.454 e. The van der Waals surface area contributed by atoms with Crippen LogP contribution in [0.2, 0.25) is 0 Å². The highest BCUT2D eigenvalue weighted by Crippen LogP contribution is 2.34. The molecule has 0 aromatic heterocycles. The van der Waals surface area contributed by atoms with Crippen LogP contribution in [0.1, 0.15) is 5.56 Å². The van der Waals surface area contributed by atoms with Crippen molar-refractivity contribution in [3.05, 3.63) is 48.0 Å². The van der Waals surface area contributed by atoms with Crippen LogP contribution in [0.5, 0.6) is 11.5 Å². The van der Waals surface area contributed by atoms with Crippen molar-refractivity contribution in [3.8, 4) is 17.6 Å². The first-order valence-corrected chi connectivity index (χ1v) is 6.22. The summed E-state index contributed by atoms with van der Waals surface area (Å²) in [4.78, 5) is 11.9. The number of nitriles is 1. The summed E-state index contributed by atoms with van der Waals surface area (Å²) in [7, 11) is 0.